The lowest BCUT2D eigenvalue weighted by Gasteiger charge is -2.19. The molecule has 0 aliphatic heterocycles. The molecule has 1 aliphatic carbocycles. The first-order valence-corrected chi connectivity index (χ1v) is 4.99. The van der Waals surface area contributed by atoms with E-state index in [1.165, 1.54) is 11.1 Å². The molecule has 2 nitrogen and oxygen atoms in total. The number of aliphatic hydroxyl groups is 1. The molecule has 0 saturated heterocycles. The number of fused-ring (bicyclic) bond motifs is 1. The van der Waals surface area contributed by atoms with Crippen LogP contribution in [0, 0.1) is 0 Å². The van der Waals surface area contributed by atoms with Crippen LogP contribution in [0.25, 0.3) is 6.08 Å². The first kappa shape index (κ1) is 9.28. The van der Waals surface area contributed by atoms with E-state index in [9.17, 15) is 5.11 Å². The van der Waals surface area contributed by atoms with Gasteiger partial charge in [-0.1, -0.05) is 24.3 Å². The molecule has 2 N–H and O–H groups in total. The van der Waals surface area contributed by atoms with E-state index >= 15 is 0 Å². The van der Waals surface area contributed by atoms with Gasteiger partial charge in [-0.3, -0.25) is 0 Å². The van der Waals surface area contributed by atoms with Gasteiger partial charge in [0.05, 0.1) is 0 Å². The van der Waals surface area contributed by atoms with Crippen molar-refractivity contribution >= 4 is 6.08 Å². The third-order valence-electron chi connectivity index (χ3n) is 2.44. The van der Waals surface area contributed by atoms with Crippen LogP contribution in [0.4, 0.5) is 0 Å². The van der Waals surface area contributed by atoms with Crippen molar-refractivity contribution in [3.63, 3.8) is 0 Å². The first-order valence-electron chi connectivity index (χ1n) is 4.99. The zero-order valence-corrected chi connectivity index (χ0v) is 8.33. The maximum atomic E-state index is 9.20. The molecule has 0 fully saturated rings. The lowest BCUT2D eigenvalue weighted by Crippen LogP contribution is -2.25. The summed E-state index contributed by atoms with van der Waals surface area (Å²) in [6.45, 7) is 1.74. The van der Waals surface area contributed by atoms with Gasteiger partial charge in [0, 0.05) is 5.70 Å². The third kappa shape index (κ3) is 1.96. The fraction of sp³-hybridized carbons (Fsp3) is 0.333. The molecule has 1 aromatic carbocycles. The molecule has 2 heteroatoms. The minimum Gasteiger partial charge on any atom is -0.374 e. The molecular formula is C12H15NO. The van der Waals surface area contributed by atoms with Crippen molar-refractivity contribution in [3.8, 4) is 0 Å². The molecule has 74 valence electrons. The molecule has 1 unspecified atom stereocenters. The Kier molecular flexibility index (Phi) is 2.55. The summed E-state index contributed by atoms with van der Waals surface area (Å²) in [4.78, 5) is 0. The van der Waals surface area contributed by atoms with Gasteiger partial charge in [-0.2, -0.15) is 0 Å². The molecule has 14 heavy (non-hydrogen) atoms. The molecule has 1 aromatic rings. The summed E-state index contributed by atoms with van der Waals surface area (Å²) in [6, 6.07) is 8.38. The number of allylic oxidation sites excluding steroid dienone is 1. The summed E-state index contributed by atoms with van der Waals surface area (Å²) in [5.74, 6) is 0. The van der Waals surface area contributed by atoms with E-state index in [-0.39, 0.29) is 0 Å². The Morgan fingerprint density at radius 3 is 2.86 bits per heavy atom. The largest absolute Gasteiger partial charge is 0.374 e. The number of rotatable bonds is 2. The molecule has 0 amide bonds. The summed E-state index contributed by atoms with van der Waals surface area (Å²) in [5.41, 5.74) is 3.78. The first-order chi connectivity index (χ1) is 6.75. The zero-order valence-electron chi connectivity index (χ0n) is 8.33. The monoisotopic (exact) mass is 189 g/mol. The van der Waals surface area contributed by atoms with Crippen LogP contribution in [0.5, 0.6) is 0 Å². The average molecular weight is 189 g/mol. The number of aliphatic hydroxyl groups excluding tert-OH is 1. The Hall–Kier alpha value is -1.28. The second-order valence-electron chi connectivity index (χ2n) is 3.69. The van der Waals surface area contributed by atoms with E-state index in [1.807, 2.05) is 6.07 Å². The molecule has 0 heterocycles. The molecule has 2 rings (SSSR count). The fourth-order valence-electron chi connectivity index (χ4n) is 1.81. The molecule has 0 bridgehead atoms. The minimum absolute atomic E-state index is 0.466. The molecule has 0 radical (unpaired) electrons. The highest BCUT2D eigenvalue weighted by atomic mass is 16.3. The van der Waals surface area contributed by atoms with Crippen LogP contribution in [0.2, 0.25) is 0 Å². The van der Waals surface area contributed by atoms with Gasteiger partial charge in [0.1, 0.15) is 6.23 Å². The molecule has 0 saturated carbocycles. The summed E-state index contributed by atoms with van der Waals surface area (Å²) in [7, 11) is 0. The van der Waals surface area contributed by atoms with Gasteiger partial charge < -0.3 is 10.4 Å². The zero-order chi connectivity index (χ0) is 9.97. The van der Waals surface area contributed by atoms with Crippen molar-refractivity contribution in [1.29, 1.82) is 0 Å². The van der Waals surface area contributed by atoms with E-state index in [4.69, 9.17) is 0 Å². The smallest absolute Gasteiger partial charge is 0.121 e. The van der Waals surface area contributed by atoms with Crippen LogP contribution in [0.3, 0.4) is 0 Å². The fourth-order valence-corrected chi connectivity index (χ4v) is 1.81. The Labute approximate surface area is 84.3 Å². The van der Waals surface area contributed by atoms with Crippen molar-refractivity contribution in [2.24, 2.45) is 0 Å². The van der Waals surface area contributed by atoms with E-state index in [0.717, 1.165) is 18.5 Å². The maximum Gasteiger partial charge on any atom is 0.121 e. The standard InChI is InChI=1S/C12H15NO/c1-9(14)13-12-7-6-10-4-2-3-5-11(10)8-12/h2-5,8-9,13-14H,6-7H2,1H3. The third-order valence-corrected chi connectivity index (χ3v) is 2.44. The highest BCUT2D eigenvalue weighted by molar-refractivity contribution is 5.58. The molecule has 0 aromatic heterocycles. The van der Waals surface area contributed by atoms with Crippen molar-refractivity contribution in [1.82, 2.24) is 5.32 Å². The van der Waals surface area contributed by atoms with Gasteiger partial charge in [-0.05, 0) is 37.0 Å². The Balaban J connectivity index is 2.22. The average Bonchev–Trinajstić information content (AvgIpc) is 2.17. The molecular weight excluding hydrogens is 174 g/mol. The summed E-state index contributed by atoms with van der Waals surface area (Å²) in [5, 5.41) is 12.2. The second kappa shape index (κ2) is 3.84. The normalized spacial score (nSPS) is 16.9. The second-order valence-corrected chi connectivity index (χ2v) is 3.69. The highest BCUT2D eigenvalue weighted by Crippen LogP contribution is 2.22. The predicted octanol–water partition coefficient (Wildman–Crippen LogP) is 1.90. The van der Waals surface area contributed by atoms with Crippen molar-refractivity contribution in [2.75, 3.05) is 0 Å². The van der Waals surface area contributed by atoms with Gasteiger partial charge in [0.25, 0.3) is 0 Å². The minimum atomic E-state index is -0.466. The van der Waals surface area contributed by atoms with Gasteiger partial charge in [-0.15, -0.1) is 0 Å². The Morgan fingerprint density at radius 2 is 2.07 bits per heavy atom. The molecule has 1 aliphatic rings. The van der Waals surface area contributed by atoms with Crippen molar-refractivity contribution < 1.29 is 5.11 Å². The Bertz CT molecular complexity index is 355. The van der Waals surface area contributed by atoms with E-state index in [0.29, 0.717) is 0 Å². The predicted molar refractivity (Wildman–Crippen MR) is 57.6 cm³/mol. The SMILES string of the molecule is CC(O)NC1=Cc2ccccc2CC1. The van der Waals surface area contributed by atoms with Crippen LogP contribution in [-0.2, 0) is 6.42 Å². The summed E-state index contributed by atoms with van der Waals surface area (Å²) in [6.07, 6.45) is 3.70. The van der Waals surface area contributed by atoms with Crippen molar-refractivity contribution in [3.05, 3.63) is 41.1 Å². The molecule has 1 atom stereocenters. The van der Waals surface area contributed by atoms with E-state index in [1.54, 1.807) is 6.92 Å². The quantitative estimate of drug-likeness (QED) is 0.696. The maximum absolute atomic E-state index is 9.20. The number of benzene rings is 1. The van der Waals surface area contributed by atoms with Crippen LogP contribution in [0.1, 0.15) is 24.5 Å². The number of hydrogen-bond donors (Lipinski definition) is 2. The van der Waals surface area contributed by atoms with Crippen molar-refractivity contribution in [2.45, 2.75) is 26.0 Å². The topological polar surface area (TPSA) is 32.3 Å². The van der Waals surface area contributed by atoms with Gasteiger partial charge in [0.15, 0.2) is 0 Å². The lowest BCUT2D eigenvalue weighted by molar-refractivity contribution is 0.168. The Morgan fingerprint density at radius 1 is 1.29 bits per heavy atom. The van der Waals surface area contributed by atoms with Crippen LogP contribution in [-0.4, -0.2) is 11.3 Å². The van der Waals surface area contributed by atoms with E-state index in [2.05, 4.69) is 29.6 Å². The number of aryl methyl sites for hydroxylation is 1. The van der Waals surface area contributed by atoms with Gasteiger partial charge in [0.2, 0.25) is 0 Å². The van der Waals surface area contributed by atoms with Gasteiger partial charge in [-0.25, -0.2) is 0 Å². The summed E-state index contributed by atoms with van der Waals surface area (Å²) >= 11 is 0. The number of hydrogen-bond acceptors (Lipinski definition) is 2. The lowest BCUT2D eigenvalue weighted by atomic mass is 9.95. The van der Waals surface area contributed by atoms with Crippen LogP contribution < -0.4 is 5.32 Å². The number of nitrogens with one attached hydrogen (secondary N) is 1. The van der Waals surface area contributed by atoms with E-state index < -0.39 is 6.23 Å². The summed E-state index contributed by atoms with van der Waals surface area (Å²) < 4.78 is 0. The van der Waals surface area contributed by atoms with Gasteiger partial charge >= 0.3 is 0 Å². The van der Waals surface area contributed by atoms with Crippen LogP contribution in [0.15, 0.2) is 30.0 Å². The highest BCUT2D eigenvalue weighted by Gasteiger charge is 2.09. The molecule has 0 spiro atoms. The van der Waals surface area contributed by atoms with Crippen LogP contribution >= 0.6 is 0 Å².